The third-order valence-corrected chi connectivity index (χ3v) is 4.28. The average Bonchev–Trinajstić information content (AvgIpc) is 2.89. The van der Waals surface area contributed by atoms with Crippen LogP contribution in [0.4, 0.5) is 4.39 Å². The number of rotatable bonds is 3. The number of carbonyl (C=O) groups is 2. The molecule has 0 radical (unpaired) electrons. The zero-order valence-corrected chi connectivity index (χ0v) is 15.4. The summed E-state index contributed by atoms with van der Waals surface area (Å²) in [5.74, 6) is 0.312. The predicted molar refractivity (Wildman–Crippen MR) is 103 cm³/mol. The minimum absolute atomic E-state index is 0.171. The van der Waals surface area contributed by atoms with Gasteiger partial charge in [0, 0.05) is 12.5 Å². The molecule has 1 fully saturated rings. The molecule has 2 aromatic rings. The molecule has 1 aliphatic rings. The standard InChI is InChI=1S/C14H19NO.C7H7F.CH2O/c16-14-13(8-4-5-11-15-14)10-9-12-6-2-1-3-7-12;1-6-2-4-7(8)5-3-6;1-2/h1-3,6-7,13H,4-5,8-11H2,(H,15,16);2-5H,1H3;1H2. The summed E-state index contributed by atoms with van der Waals surface area (Å²) in [5, 5.41) is 2.99. The van der Waals surface area contributed by atoms with Crippen molar-refractivity contribution in [3.05, 3.63) is 71.5 Å². The van der Waals surface area contributed by atoms with Gasteiger partial charge < -0.3 is 10.1 Å². The minimum atomic E-state index is -0.171. The first-order valence-electron chi connectivity index (χ1n) is 8.98. The van der Waals surface area contributed by atoms with Gasteiger partial charge >= 0.3 is 0 Å². The molecule has 1 saturated heterocycles. The Balaban J connectivity index is 0.000000284. The van der Waals surface area contributed by atoms with Gasteiger partial charge in [-0.2, -0.15) is 0 Å². The van der Waals surface area contributed by atoms with Gasteiger partial charge in [-0.25, -0.2) is 4.39 Å². The van der Waals surface area contributed by atoms with E-state index in [2.05, 4.69) is 29.6 Å². The Hall–Kier alpha value is -2.49. The molecule has 1 amide bonds. The Bertz CT molecular complexity index is 607. The van der Waals surface area contributed by atoms with Crippen LogP contribution >= 0.6 is 0 Å². The van der Waals surface area contributed by atoms with Crippen molar-refractivity contribution in [2.45, 2.75) is 39.0 Å². The maximum Gasteiger partial charge on any atom is 0.223 e. The highest BCUT2D eigenvalue weighted by molar-refractivity contribution is 5.78. The Morgan fingerprint density at radius 1 is 1.04 bits per heavy atom. The van der Waals surface area contributed by atoms with Crippen LogP contribution in [0, 0.1) is 18.7 Å². The quantitative estimate of drug-likeness (QED) is 0.880. The van der Waals surface area contributed by atoms with Crippen LogP contribution in [0.2, 0.25) is 0 Å². The van der Waals surface area contributed by atoms with Crippen molar-refractivity contribution in [1.29, 1.82) is 0 Å². The van der Waals surface area contributed by atoms with Crippen molar-refractivity contribution in [3.8, 4) is 0 Å². The maximum atomic E-state index is 12.1. The Labute approximate surface area is 155 Å². The summed E-state index contributed by atoms with van der Waals surface area (Å²) in [7, 11) is 0. The first-order chi connectivity index (χ1) is 12.6. The molecular weight excluding hydrogens is 329 g/mol. The fourth-order valence-electron chi connectivity index (χ4n) is 2.80. The second kappa shape index (κ2) is 12.8. The fraction of sp³-hybridized carbons (Fsp3) is 0.364. The van der Waals surface area contributed by atoms with Crippen LogP contribution in [-0.2, 0) is 16.0 Å². The summed E-state index contributed by atoms with van der Waals surface area (Å²) < 4.78 is 12.1. The van der Waals surface area contributed by atoms with Gasteiger partial charge in [0.15, 0.2) is 0 Å². The fourth-order valence-corrected chi connectivity index (χ4v) is 2.80. The lowest BCUT2D eigenvalue weighted by molar-refractivity contribution is -0.124. The molecule has 0 bridgehead atoms. The number of benzene rings is 2. The highest BCUT2D eigenvalue weighted by Gasteiger charge is 2.19. The van der Waals surface area contributed by atoms with Crippen molar-refractivity contribution in [3.63, 3.8) is 0 Å². The summed E-state index contributed by atoms with van der Waals surface area (Å²) in [6.07, 6.45) is 5.36. The van der Waals surface area contributed by atoms with Gasteiger partial charge in [0.2, 0.25) is 5.91 Å². The van der Waals surface area contributed by atoms with E-state index in [1.54, 1.807) is 12.1 Å². The molecule has 0 aromatic heterocycles. The minimum Gasteiger partial charge on any atom is -0.356 e. The van der Waals surface area contributed by atoms with Crippen LogP contribution in [0.1, 0.15) is 36.8 Å². The number of hydrogen-bond acceptors (Lipinski definition) is 2. The van der Waals surface area contributed by atoms with Crippen LogP contribution < -0.4 is 5.32 Å². The summed E-state index contributed by atoms with van der Waals surface area (Å²) in [5.41, 5.74) is 2.42. The normalized spacial score (nSPS) is 16.1. The number of carbonyl (C=O) groups excluding carboxylic acids is 2. The topological polar surface area (TPSA) is 46.2 Å². The third kappa shape index (κ3) is 8.56. The van der Waals surface area contributed by atoms with E-state index in [4.69, 9.17) is 4.79 Å². The number of amides is 1. The SMILES string of the molecule is C=O.Cc1ccc(F)cc1.O=C1NCCCCC1CCc1ccccc1. The van der Waals surface area contributed by atoms with Gasteiger partial charge in [0.25, 0.3) is 0 Å². The van der Waals surface area contributed by atoms with Gasteiger partial charge in [-0.15, -0.1) is 0 Å². The van der Waals surface area contributed by atoms with Gasteiger partial charge in [0.05, 0.1) is 0 Å². The van der Waals surface area contributed by atoms with E-state index in [1.165, 1.54) is 24.1 Å². The van der Waals surface area contributed by atoms with Crippen LogP contribution in [0.25, 0.3) is 0 Å². The number of hydrogen-bond donors (Lipinski definition) is 1. The molecule has 1 heterocycles. The van der Waals surface area contributed by atoms with Crippen molar-refractivity contribution in [2.24, 2.45) is 5.92 Å². The van der Waals surface area contributed by atoms with Crippen molar-refractivity contribution >= 4 is 12.7 Å². The average molecular weight is 357 g/mol. The molecule has 1 unspecified atom stereocenters. The molecular formula is C22H28FNO2. The maximum absolute atomic E-state index is 12.1. The summed E-state index contributed by atoms with van der Waals surface area (Å²) in [6, 6.07) is 16.8. The van der Waals surface area contributed by atoms with Gasteiger partial charge in [-0.05, 0) is 50.3 Å². The molecule has 1 aliphatic heterocycles. The number of halogens is 1. The molecule has 1 atom stereocenters. The molecule has 1 N–H and O–H groups in total. The molecule has 0 saturated carbocycles. The van der Waals surface area contributed by atoms with Crippen LogP contribution in [-0.4, -0.2) is 19.2 Å². The Kier molecular flexibility index (Phi) is 10.6. The lowest BCUT2D eigenvalue weighted by Crippen LogP contribution is -2.29. The molecule has 4 heteroatoms. The van der Waals surface area contributed by atoms with Crippen LogP contribution in [0.3, 0.4) is 0 Å². The first-order valence-corrected chi connectivity index (χ1v) is 8.98. The lowest BCUT2D eigenvalue weighted by Gasteiger charge is -2.12. The predicted octanol–water partition coefficient (Wildman–Crippen LogP) is 4.48. The Morgan fingerprint density at radius 3 is 2.31 bits per heavy atom. The molecule has 3 nitrogen and oxygen atoms in total. The van der Waals surface area contributed by atoms with E-state index in [9.17, 15) is 9.18 Å². The van der Waals surface area contributed by atoms with Crippen molar-refractivity contribution in [2.75, 3.05) is 6.54 Å². The Morgan fingerprint density at radius 2 is 1.69 bits per heavy atom. The zero-order valence-electron chi connectivity index (χ0n) is 15.4. The molecule has 26 heavy (non-hydrogen) atoms. The van der Waals surface area contributed by atoms with Crippen molar-refractivity contribution < 1.29 is 14.0 Å². The van der Waals surface area contributed by atoms with Gasteiger partial charge in [-0.3, -0.25) is 4.79 Å². The zero-order chi connectivity index (χ0) is 19.2. The summed E-state index contributed by atoms with van der Waals surface area (Å²) in [6.45, 7) is 4.79. The third-order valence-electron chi connectivity index (χ3n) is 4.28. The van der Waals surface area contributed by atoms with E-state index < -0.39 is 0 Å². The van der Waals surface area contributed by atoms with E-state index in [0.29, 0.717) is 0 Å². The molecule has 3 rings (SSSR count). The van der Waals surface area contributed by atoms with E-state index in [0.717, 1.165) is 37.8 Å². The van der Waals surface area contributed by atoms with Crippen molar-refractivity contribution in [1.82, 2.24) is 5.32 Å². The monoisotopic (exact) mass is 357 g/mol. The van der Waals surface area contributed by atoms with E-state index in [-0.39, 0.29) is 17.6 Å². The smallest absolute Gasteiger partial charge is 0.223 e. The first kappa shape index (κ1) is 21.6. The largest absolute Gasteiger partial charge is 0.356 e. The van der Waals surface area contributed by atoms with E-state index in [1.807, 2.05) is 19.8 Å². The second-order valence-electron chi connectivity index (χ2n) is 6.30. The second-order valence-corrected chi connectivity index (χ2v) is 6.30. The van der Waals surface area contributed by atoms with Gasteiger partial charge in [0.1, 0.15) is 12.6 Å². The van der Waals surface area contributed by atoms with Gasteiger partial charge in [-0.1, -0.05) is 54.4 Å². The highest BCUT2D eigenvalue weighted by atomic mass is 19.1. The highest BCUT2D eigenvalue weighted by Crippen LogP contribution is 2.18. The number of nitrogens with one attached hydrogen (secondary N) is 1. The summed E-state index contributed by atoms with van der Waals surface area (Å²) >= 11 is 0. The van der Waals surface area contributed by atoms with E-state index >= 15 is 0 Å². The lowest BCUT2D eigenvalue weighted by atomic mass is 9.95. The molecule has 0 spiro atoms. The van der Waals surface area contributed by atoms with Crippen LogP contribution in [0.5, 0.6) is 0 Å². The molecule has 2 aromatic carbocycles. The summed E-state index contributed by atoms with van der Waals surface area (Å²) in [4.78, 5) is 19.7. The molecule has 140 valence electrons. The number of aryl methyl sites for hydroxylation is 2. The van der Waals surface area contributed by atoms with Crippen LogP contribution in [0.15, 0.2) is 54.6 Å². The molecule has 0 aliphatic carbocycles.